The van der Waals surface area contributed by atoms with E-state index >= 15 is 0 Å². The lowest BCUT2D eigenvalue weighted by Gasteiger charge is -2.15. The molecule has 0 saturated carbocycles. The minimum absolute atomic E-state index is 0.0548. The molecule has 1 amide bonds. The first-order valence-electron chi connectivity index (χ1n) is 11.4. The first-order valence-corrected chi connectivity index (χ1v) is 11.4. The summed E-state index contributed by atoms with van der Waals surface area (Å²) in [5.74, 6) is 0.603. The number of aliphatic imine (C=N–C) groups is 1. The van der Waals surface area contributed by atoms with Gasteiger partial charge in [-0.25, -0.2) is 9.79 Å². The summed E-state index contributed by atoms with van der Waals surface area (Å²) in [5.41, 5.74) is 5.14. The summed E-state index contributed by atoms with van der Waals surface area (Å²) in [5, 5.41) is 3.32. The highest BCUT2D eigenvalue weighted by Gasteiger charge is 2.33. The van der Waals surface area contributed by atoms with Crippen LogP contribution in [-0.4, -0.2) is 48.9 Å². The van der Waals surface area contributed by atoms with Gasteiger partial charge in [0.15, 0.2) is 0 Å². The Bertz CT molecular complexity index is 1110. The van der Waals surface area contributed by atoms with Gasteiger partial charge in [0, 0.05) is 36.3 Å². The number of ether oxygens (including phenoxy) is 1. The zero-order chi connectivity index (χ0) is 22.1. The van der Waals surface area contributed by atoms with Gasteiger partial charge in [-0.1, -0.05) is 18.2 Å². The SMILES string of the molecule is CCOC(=O)C1=Cc2cc(-c3ccc(C(=O)N4CCCC4)cc3)ccc2N=C2NCCC12. The molecule has 164 valence electrons. The molecule has 3 aliphatic rings. The number of amides is 1. The molecule has 6 nitrogen and oxygen atoms in total. The van der Waals surface area contributed by atoms with Crippen LogP contribution in [0.3, 0.4) is 0 Å². The average molecular weight is 430 g/mol. The molecule has 0 radical (unpaired) electrons. The average Bonchev–Trinajstić information content (AvgIpc) is 3.48. The summed E-state index contributed by atoms with van der Waals surface area (Å²) >= 11 is 0. The predicted octanol–water partition coefficient (Wildman–Crippen LogP) is 4.19. The van der Waals surface area contributed by atoms with Crippen LogP contribution in [0.2, 0.25) is 0 Å². The summed E-state index contributed by atoms with van der Waals surface area (Å²) in [6.45, 7) is 4.66. The van der Waals surface area contributed by atoms with Gasteiger partial charge in [0.2, 0.25) is 0 Å². The minimum Gasteiger partial charge on any atom is -0.463 e. The van der Waals surface area contributed by atoms with Crippen LogP contribution in [0.25, 0.3) is 17.2 Å². The van der Waals surface area contributed by atoms with E-state index in [0.717, 1.165) is 72.7 Å². The van der Waals surface area contributed by atoms with Gasteiger partial charge < -0.3 is 15.0 Å². The smallest absolute Gasteiger partial charge is 0.334 e. The summed E-state index contributed by atoms with van der Waals surface area (Å²) in [4.78, 5) is 32.0. The van der Waals surface area contributed by atoms with Gasteiger partial charge in [-0.2, -0.15) is 0 Å². The van der Waals surface area contributed by atoms with Gasteiger partial charge in [-0.15, -0.1) is 0 Å². The lowest BCUT2D eigenvalue weighted by molar-refractivity contribution is -0.138. The van der Waals surface area contributed by atoms with Crippen LogP contribution in [0.4, 0.5) is 5.69 Å². The molecule has 3 heterocycles. The third-order valence-electron chi connectivity index (χ3n) is 6.39. The number of carbonyl (C=O) groups is 2. The van der Waals surface area contributed by atoms with E-state index in [4.69, 9.17) is 9.73 Å². The molecule has 32 heavy (non-hydrogen) atoms. The van der Waals surface area contributed by atoms with Crippen LogP contribution in [0, 0.1) is 5.92 Å². The van der Waals surface area contributed by atoms with E-state index in [2.05, 4.69) is 11.4 Å². The number of nitrogens with one attached hydrogen (secondary N) is 1. The molecule has 6 heteroatoms. The Morgan fingerprint density at radius 1 is 1.09 bits per heavy atom. The first-order chi connectivity index (χ1) is 15.6. The van der Waals surface area contributed by atoms with Crippen molar-refractivity contribution in [2.45, 2.75) is 26.2 Å². The van der Waals surface area contributed by atoms with Crippen LogP contribution in [0.15, 0.2) is 53.0 Å². The number of likely N-dealkylation sites (tertiary alicyclic amines) is 1. The van der Waals surface area contributed by atoms with Crippen LogP contribution in [0.5, 0.6) is 0 Å². The highest BCUT2D eigenvalue weighted by Crippen LogP contribution is 2.35. The van der Waals surface area contributed by atoms with E-state index in [1.165, 1.54) is 0 Å². The van der Waals surface area contributed by atoms with Gasteiger partial charge in [0.05, 0.1) is 18.2 Å². The molecular weight excluding hydrogens is 402 g/mol. The number of rotatable bonds is 4. The molecule has 0 aliphatic carbocycles. The Kier molecular flexibility index (Phi) is 5.52. The second-order valence-corrected chi connectivity index (χ2v) is 8.44. The molecule has 1 unspecified atom stereocenters. The van der Waals surface area contributed by atoms with Gasteiger partial charge in [0.25, 0.3) is 5.91 Å². The van der Waals surface area contributed by atoms with E-state index < -0.39 is 0 Å². The fourth-order valence-corrected chi connectivity index (χ4v) is 4.70. The van der Waals surface area contributed by atoms with Crippen LogP contribution in [-0.2, 0) is 9.53 Å². The predicted molar refractivity (Wildman–Crippen MR) is 125 cm³/mol. The summed E-state index contributed by atoms with van der Waals surface area (Å²) in [6, 6.07) is 13.8. The fourth-order valence-electron chi connectivity index (χ4n) is 4.70. The highest BCUT2D eigenvalue weighted by molar-refractivity contribution is 6.06. The van der Waals surface area contributed by atoms with Crippen molar-refractivity contribution in [1.82, 2.24) is 10.2 Å². The molecule has 5 rings (SSSR count). The maximum absolute atomic E-state index is 12.7. The molecule has 2 aromatic rings. The first kappa shape index (κ1) is 20.5. The maximum Gasteiger partial charge on any atom is 0.334 e. The topological polar surface area (TPSA) is 71.0 Å². The number of nitrogens with zero attached hydrogens (tertiary/aromatic N) is 2. The molecule has 1 N–H and O–H groups in total. The normalized spacial score (nSPS) is 19.3. The van der Waals surface area contributed by atoms with Crippen molar-refractivity contribution in [3.8, 4) is 11.1 Å². The molecule has 0 spiro atoms. The number of fused-ring (bicyclic) bond motifs is 2. The summed E-state index contributed by atoms with van der Waals surface area (Å²) in [6.07, 6.45) is 4.93. The summed E-state index contributed by atoms with van der Waals surface area (Å²) < 4.78 is 5.33. The molecule has 1 atom stereocenters. The minimum atomic E-state index is -0.281. The molecule has 2 saturated heterocycles. The molecule has 3 aliphatic heterocycles. The number of benzene rings is 2. The molecule has 0 aromatic heterocycles. The van der Waals surface area contributed by atoms with Crippen molar-refractivity contribution in [2.75, 3.05) is 26.2 Å². The second-order valence-electron chi connectivity index (χ2n) is 8.44. The van der Waals surface area contributed by atoms with Crippen molar-refractivity contribution < 1.29 is 14.3 Å². The number of amidine groups is 1. The second kappa shape index (κ2) is 8.61. The van der Waals surface area contributed by atoms with E-state index in [1.807, 2.05) is 54.3 Å². The zero-order valence-electron chi connectivity index (χ0n) is 18.3. The number of carbonyl (C=O) groups excluding carboxylic acids is 2. The summed E-state index contributed by atoms with van der Waals surface area (Å²) in [7, 11) is 0. The lowest BCUT2D eigenvalue weighted by Crippen LogP contribution is -2.27. The van der Waals surface area contributed by atoms with Crippen LogP contribution < -0.4 is 5.32 Å². The molecule has 2 fully saturated rings. The standard InChI is InChI=1S/C26H27N3O3/c1-2-32-26(31)22-16-20-15-19(9-10-23(20)28-24-21(22)11-12-27-24)17-5-7-18(8-6-17)25(30)29-13-3-4-14-29/h5-10,15-16,21H,2-4,11-14H2,1H3,(H,27,28). The maximum atomic E-state index is 12.7. The molecule has 2 aromatic carbocycles. The lowest BCUT2D eigenvalue weighted by atomic mass is 9.94. The monoisotopic (exact) mass is 429 g/mol. The Morgan fingerprint density at radius 2 is 1.84 bits per heavy atom. The van der Waals surface area contributed by atoms with E-state index in [0.29, 0.717) is 12.2 Å². The zero-order valence-corrected chi connectivity index (χ0v) is 18.3. The van der Waals surface area contributed by atoms with Crippen molar-refractivity contribution in [2.24, 2.45) is 10.9 Å². The number of hydrogen-bond donors (Lipinski definition) is 1. The van der Waals surface area contributed by atoms with Crippen molar-refractivity contribution in [3.05, 3.63) is 59.2 Å². The van der Waals surface area contributed by atoms with Gasteiger partial charge in [-0.05, 0) is 67.7 Å². The Morgan fingerprint density at radius 3 is 2.59 bits per heavy atom. The molecule has 0 bridgehead atoms. The van der Waals surface area contributed by atoms with Crippen molar-refractivity contribution in [1.29, 1.82) is 0 Å². The third kappa shape index (κ3) is 3.81. The largest absolute Gasteiger partial charge is 0.463 e. The fraction of sp³-hybridized carbons (Fsp3) is 0.346. The van der Waals surface area contributed by atoms with E-state index in [1.54, 1.807) is 0 Å². The Balaban J connectivity index is 1.47. The van der Waals surface area contributed by atoms with Gasteiger partial charge in [0.1, 0.15) is 5.84 Å². The van der Waals surface area contributed by atoms with Gasteiger partial charge >= 0.3 is 5.97 Å². The Labute approximate surface area is 188 Å². The van der Waals surface area contributed by atoms with Crippen LogP contribution >= 0.6 is 0 Å². The highest BCUT2D eigenvalue weighted by atomic mass is 16.5. The van der Waals surface area contributed by atoms with Gasteiger partial charge in [-0.3, -0.25) is 4.79 Å². The Hall–Kier alpha value is -3.41. The van der Waals surface area contributed by atoms with E-state index in [-0.39, 0.29) is 17.8 Å². The number of esters is 1. The van der Waals surface area contributed by atoms with Crippen molar-refractivity contribution >= 4 is 29.5 Å². The quantitative estimate of drug-likeness (QED) is 0.740. The van der Waals surface area contributed by atoms with E-state index in [9.17, 15) is 9.59 Å². The third-order valence-corrected chi connectivity index (χ3v) is 6.39. The molecular formula is C26H27N3O3. The van der Waals surface area contributed by atoms with Crippen LogP contribution in [0.1, 0.15) is 42.1 Å². The number of hydrogen-bond acceptors (Lipinski definition) is 5. The van der Waals surface area contributed by atoms with Crippen molar-refractivity contribution in [3.63, 3.8) is 0 Å².